The lowest BCUT2D eigenvalue weighted by Crippen LogP contribution is -2.52. The van der Waals surface area contributed by atoms with Crippen molar-refractivity contribution in [1.29, 1.82) is 0 Å². The Balaban J connectivity index is 1.27. The van der Waals surface area contributed by atoms with E-state index in [1.54, 1.807) is 36.5 Å². The number of aromatic amines is 1. The minimum Gasteiger partial charge on any atom is -0.489 e. The van der Waals surface area contributed by atoms with Gasteiger partial charge in [-0.25, -0.2) is 0 Å². The Kier molecular flexibility index (Phi) is 5.37. The number of furan rings is 1. The number of amides is 2. The number of aromatic nitrogens is 3. The molecule has 2 N–H and O–H groups in total. The fourth-order valence-electron chi connectivity index (χ4n) is 4.78. The van der Waals surface area contributed by atoms with Crippen LogP contribution < -0.4 is 10.1 Å². The summed E-state index contributed by atoms with van der Waals surface area (Å²) in [7, 11) is 1.58. The molecule has 0 spiro atoms. The molecule has 4 heterocycles. The van der Waals surface area contributed by atoms with Gasteiger partial charge in [0, 0.05) is 54.1 Å². The van der Waals surface area contributed by atoms with Gasteiger partial charge in [0.1, 0.15) is 18.4 Å². The molecule has 36 heavy (non-hydrogen) atoms. The minimum atomic E-state index is -0.660. The van der Waals surface area contributed by atoms with Crippen LogP contribution in [0, 0.1) is 0 Å². The van der Waals surface area contributed by atoms with Crippen LogP contribution in [0.3, 0.4) is 0 Å². The van der Waals surface area contributed by atoms with Crippen LogP contribution in [-0.4, -0.2) is 44.8 Å². The van der Waals surface area contributed by atoms with Gasteiger partial charge in [0.25, 0.3) is 5.91 Å². The number of hydrogen-bond donors (Lipinski definition) is 2. The zero-order valence-corrected chi connectivity index (χ0v) is 19.5. The van der Waals surface area contributed by atoms with Crippen molar-refractivity contribution in [2.45, 2.75) is 25.6 Å². The minimum absolute atomic E-state index is 0.124. The van der Waals surface area contributed by atoms with Crippen molar-refractivity contribution >= 4 is 33.8 Å². The molecule has 0 bridgehead atoms. The second-order valence-electron chi connectivity index (χ2n) is 8.67. The maximum Gasteiger partial charge on any atom is 0.291 e. The summed E-state index contributed by atoms with van der Waals surface area (Å²) in [5, 5.41) is 3.77. The third-order valence-electron chi connectivity index (χ3n) is 6.59. The SMILES string of the molecule is CNC(=O)[C@H]1Cc2c([nH]c3ccccc23)CN1C(=O)c1occc1COc1ccc2nccnc2c1. The number of ether oxygens (including phenoxy) is 1. The first-order valence-electron chi connectivity index (χ1n) is 11.6. The molecule has 2 amide bonds. The zero-order valence-electron chi connectivity index (χ0n) is 19.5. The van der Waals surface area contributed by atoms with Gasteiger partial charge in [-0.05, 0) is 29.8 Å². The van der Waals surface area contributed by atoms with Crippen LogP contribution >= 0.6 is 0 Å². The summed E-state index contributed by atoms with van der Waals surface area (Å²) in [6.45, 7) is 0.394. The van der Waals surface area contributed by atoms with Gasteiger partial charge in [-0.15, -0.1) is 0 Å². The van der Waals surface area contributed by atoms with Gasteiger partial charge in [-0.2, -0.15) is 0 Å². The van der Waals surface area contributed by atoms with Crippen molar-refractivity contribution in [1.82, 2.24) is 25.2 Å². The molecule has 0 aliphatic carbocycles. The molecule has 0 unspecified atom stereocenters. The number of rotatable bonds is 5. The summed E-state index contributed by atoms with van der Waals surface area (Å²) >= 11 is 0. The fourth-order valence-corrected chi connectivity index (χ4v) is 4.78. The number of carbonyl (C=O) groups excluding carboxylic acids is 2. The number of nitrogens with zero attached hydrogens (tertiary/aromatic N) is 3. The number of likely N-dealkylation sites (N-methyl/N-ethyl adjacent to an activating group) is 1. The maximum absolute atomic E-state index is 13.7. The Bertz CT molecular complexity index is 1600. The van der Waals surface area contributed by atoms with E-state index in [4.69, 9.17) is 9.15 Å². The Morgan fingerprint density at radius 3 is 2.83 bits per heavy atom. The molecule has 9 heteroatoms. The number of carbonyl (C=O) groups is 2. The third kappa shape index (κ3) is 3.74. The van der Waals surface area contributed by atoms with E-state index in [0.29, 0.717) is 17.7 Å². The number of hydrogen-bond acceptors (Lipinski definition) is 6. The van der Waals surface area contributed by atoms with Crippen LogP contribution in [0.5, 0.6) is 5.75 Å². The van der Waals surface area contributed by atoms with Crippen molar-refractivity contribution in [2.75, 3.05) is 7.05 Å². The second-order valence-corrected chi connectivity index (χ2v) is 8.67. The highest BCUT2D eigenvalue weighted by Gasteiger charge is 2.38. The van der Waals surface area contributed by atoms with E-state index < -0.39 is 6.04 Å². The van der Waals surface area contributed by atoms with Gasteiger partial charge >= 0.3 is 0 Å². The average Bonchev–Trinajstić information content (AvgIpc) is 3.54. The van der Waals surface area contributed by atoms with Gasteiger partial charge in [0.2, 0.25) is 5.91 Å². The van der Waals surface area contributed by atoms with E-state index >= 15 is 0 Å². The van der Waals surface area contributed by atoms with Gasteiger partial charge in [0.15, 0.2) is 5.76 Å². The fraction of sp³-hybridized carbons (Fsp3) is 0.185. The molecule has 180 valence electrons. The molecule has 5 aromatic rings. The lowest BCUT2D eigenvalue weighted by atomic mass is 9.95. The lowest BCUT2D eigenvalue weighted by Gasteiger charge is -2.34. The Morgan fingerprint density at radius 2 is 1.97 bits per heavy atom. The first kappa shape index (κ1) is 21.8. The summed E-state index contributed by atoms with van der Waals surface area (Å²) in [5.41, 5.74) is 5.05. The van der Waals surface area contributed by atoms with E-state index in [1.807, 2.05) is 36.4 Å². The molecule has 1 atom stereocenters. The predicted molar refractivity (Wildman–Crippen MR) is 132 cm³/mol. The van der Waals surface area contributed by atoms with Gasteiger partial charge in [-0.3, -0.25) is 19.6 Å². The molecule has 0 radical (unpaired) electrons. The molecule has 1 aliphatic rings. The topological polar surface area (TPSA) is 113 Å². The van der Waals surface area contributed by atoms with Crippen molar-refractivity contribution in [2.24, 2.45) is 0 Å². The zero-order chi connectivity index (χ0) is 24.6. The van der Waals surface area contributed by atoms with Crippen molar-refractivity contribution in [3.05, 3.63) is 89.8 Å². The van der Waals surface area contributed by atoms with Gasteiger partial charge in [0.05, 0.1) is 23.8 Å². The highest BCUT2D eigenvalue weighted by atomic mass is 16.5. The standard InChI is InChI=1S/C27H23N5O4/c1-28-26(33)24-13-19-18-4-2-3-5-20(18)31-23(19)14-32(24)27(34)25-16(8-11-35-25)15-36-17-6-7-21-22(12-17)30-10-9-29-21/h2-12,24,31H,13-15H2,1H3,(H,28,33)/t24-/m1/s1. The smallest absolute Gasteiger partial charge is 0.291 e. The number of nitrogens with one attached hydrogen (secondary N) is 2. The van der Waals surface area contributed by atoms with Gasteiger partial charge in [-0.1, -0.05) is 18.2 Å². The molecule has 0 saturated heterocycles. The van der Waals surface area contributed by atoms with Crippen LogP contribution in [0.25, 0.3) is 21.9 Å². The van der Waals surface area contributed by atoms with Crippen molar-refractivity contribution in [3.63, 3.8) is 0 Å². The quantitative estimate of drug-likeness (QED) is 0.397. The number of benzene rings is 2. The summed E-state index contributed by atoms with van der Waals surface area (Å²) in [5.74, 6) is 0.178. The van der Waals surface area contributed by atoms with Crippen LogP contribution in [0.2, 0.25) is 0 Å². The second kappa shape index (κ2) is 8.84. The monoisotopic (exact) mass is 481 g/mol. The van der Waals surface area contributed by atoms with E-state index in [9.17, 15) is 9.59 Å². The van der Waals surface area contributed by atoms with Gasteiger partial charge < -0.3 is 24.4 Å². The highest BCUT2D eigenvalue weighted by molar-refractivity contribution is 5.98. The molecule has 1 aliphatic heterocycles. The molecule has 6 rings (SSSR count). The summed E-state index contributed by atoms with van der Waals surface area (Å²) in [4.78, 5) is 40.1. The molecule has 0 fully saturated rings. The highest BCUT2D eigenvalue weighted by Crippen LogP contribution is 2.32. The van der Waals surface area contributed by atoms with Crippen molar-refractivity contribution in [3.8, 4) is 5.75 Å². The Labute approximate surface area is 206 Å². The predicted octanol–water partition coefficient (Wildman–Crippen LogP) is 3.60. The molecular weight excluding hydrogens is 458 g/mol. The Hall–Kier alpha value is -4.66. The first-order valence-corrected chi connectivity index (χ1v) is 11.6. The first-order chi connectivity index (χ1) is 17.6. The maximum atomic E-state index is 13.7. The molecule has 9 nitrogen and oxygen atoms in total. The number of fused-ring (bicyclic) bond motifs is 4. The van der Waals surface area contributed by atoms with E-state index in [1.165, 1.54) is 6.26 Å². The third-order valence-corrected chi connectivity index (χ3v) is 6.59. The summed E-state index contributed by atoms with van der Waals surface area (Å²) in [6, 6.07) is 14.4. The lowest BCUT2D eigenvalue weighted by molar-refractivity contribution is -0.125. The normalized spacial score (nSPS) is 15.1. The number of para-hydroxylation sites is 1. The van der Waals surface area contributed by atoms with Crippen molar-refractivity contribution < 1.29 is 18.7 Å². The molecule has 3 aromatic heterocycles. The number of H-pyrrole nitrogens is 1. The van der Waals surface area contributed by atoms with Crippen LogP contribution in [-0.2, 0) is 24.4 Å². The van der Waals surface area contributed by atoms with Crippen LogP contribution in [0.15, 0.2) is 71.6 Å². The van der Waals surface area contributed by atoms with E-state index in [-0.39, 0.29) is 30.7 Å². The molecular formula is C27H23N5O4. The average molecular weight is 482 g/mol. The van der Waals surface area contributed by atoms with Crippen LogP contribution in [0.4, 0.5) is 0 Å². The largest absolute Gasteiger partial charge is 0.489 e. The van der Waals surface area contributed by atoms with Crippen LogP contribution in [0.1, 0.15) is 27.4 Å². The molecule has 0 saturated carbocycles. The molecule has 2 aromatic carbocycles. The summed E-state index contributed by atoms with van der Waals surface area (Å²) < 4.78 is 11.6. The summed E-state index contributed by atoms with van der Waals surface area (Å²) in [6.07, 6.45) is 5.14. The van der Waals surface area contributed by atoms with E-state index in [0.717, 1.165) is 33.2 Å². The Morgan fingerprint density at radius 1 is 1.14 bits per heavy atom. The van der Waals surface area contributed by atoms with E-state index in [2.05, 4.69) is 20.3 Å².